The molecule has 0 amide bonds. The lowest BCUT2D eigenvalue weighted by molar-refractivity contribution is 0.252. The van der Waals surface area contributed by atoms with Gasteiger partial charge in [-0.3, -0.25) is 9.88 Å². The molecule has 100 valence electrons. The fourth-order valence-corrected chi connectivity index (χ4v) is 2.04. The van der Waals surface area contributed by atoms with Crippen LogP contribution in [0.3, 0.4) is 0 Å². The number of nitrogen functional groups attached to an aromatic ring is 1. The van der Waals surface area contributed by atoms with Gasteiger partial charge in [-0.25, -0.2) is 4.39 Å². The van der Waals surface area contributed by atoms with Gasteiger partial charge >= 0.3 is 0 Å². The quantitative estimate of drug-likeness (QED) is 0.858. The summed E-state index contributed by atoms with van der Waals surface area (Å²) in [5, 5.41) is 0. The number of rotatable bonds is 4. The molecule has 2 aromatic rings. The van der Waals surface area contributed by atoms with Gasteiger partial charge in [-0.2, -0.15) is 0 Å². The molecule has 0 spiro atoms. The summed E-state index contributed by atoms with van der Waals surface area (Å²) >= 11 is 0. The van der Waals surface area contributed by atoms with E-state index in [1.807, 2.05) is 31.3 Å². The summed E-state index contributed by atoms with van der Waals surface area (Å²) in [4.78, 5) is 5.99. The van der Waals surface area contributed by atoms with Crippen LogP contribution in [0.15, 0.2) is 42.7 Å². The minimum Gasteiger partial charge on any atom is -0.399 e. The van der Waals surface area contributed by atoms with Crippen LogP contribution in [0, 0.1) is 5.82 Å². The van der Waals surface area contributed by atoms with Gasteiger partial charge in [-0.05, 0) is 43.3 Å². The van der Waals surface area contributed by atoms with E-state index in [9.17, 15) is 4.39 Å². The molecule has 0 aliphatic rings. The molecule has 19 heavy (non-hydrogen) atoms. The van der Waals surface area contributed by atoms with Crippen LogP contribution in [0.5, 0.6) is 0 Å². The van der Waals surface area contributed by atoms with Crippen molar-refractivity contribution in [3.05, 3.63) is 59.7 Å². The number of hydrogen-bond acceptors (Lipinski definition) is 3. The SMILES string of the molecule is CC(c1cccc(N)c1)N(C)Cc1cncc(F)c1. The monoisotopic (exact) mass is 259 g/mol. The standard InChI is InChI=1S/C15H18FN3/c1-11(13-4-3-5-15(17)7-13)19(2)10-12-6-14(16)9-18-8-12/h3-9,11H,10,17H2,1-2H3. The van der Waals surface area contributed by atoms with E-state index in [-0.39, 0.29) is 11.9 Å². The second-order valence-electron chi connectivity index (χ2n) is 4.77. The maximum atomic E-state index is 13.1. The number of nitrogens with zero attached hydrogens (tertiary/aromatic N) is 2. The molecule has 0 aliphatic heterocycles. The zero-order chi connectivity index (χ0) is 13.8. The molecule has 0 saturated carbocycles. The number of anilines is 1. The first kappa shape index (κ1) is 13.5. The molecule has 0 aliphatic carbocycles. The molecule has 0 saturated heterocycles. The topological polar surface area (TPSA) is 42.1 Å². The number of benzene rings is 1. The lowest BCUT2D eigenvalue weighted by atomic mass is 10.1. The highest BCUT2D eigenvalue weighted by Crippen LogP contribution is 2.22. The van der Waals surface area contributed by atoms with Gasteiger partial charge in [0.25, 0.3) is 0 Å². The van der Waals surface area contributed by atoms with E-state index in [2.05, 4.69) is 16.8 Å². The summed E-state index contributed by atoms with van der Waals surface area (Å²) in [7, 11) is 2.00. The fraction of sp³-hybridized carbons (Fsp3) is 0.267. The van der Waals surface area contributed by atoms with E-state index >= 15 is 0 Å². The van der Waals surface area contributed by atoms with Gasteiger partial charge in [0, 0.05) is 24.5 Å². The minimum atomic E-state index is -0.303. The zero-order valence-corrected chi connectivity index (χ0v) is 11.2. The minimum absolute atomic E-state index is 0.201. The maximum absolute atomic E-state index is 13.1. The number of aromatic nitrogens is 1. The Morgan fingerprint density at radius 2 is 2.11 bits per heavy atom. The summed E-state index contributed by atoms with van der Waals surface area (Å²) in [6, 6.07) is 9.53. The largest absolute Gasteiger partial charge is 0.399 e. The Hall–Kier alpha value is -1.94. The highest BCUT2D eigenvalue weighted by molar-refractivity contribution is 5.41. The molecule has 1 atom stereocenters. The first-order valence-electron chi connectivity index (χ1n) is 6.21. The average molecular weight is 259 g/mol. The Morgan fingerprint density at radius 1 is 1.32 bits per heavy atom. The van der Waals surface area contributed by atoms with Crippen molar-refractivity contribution < 1.29 is 4.39 Å². The van der Waals surface area contributed by atoms with Crippen LogP contribution in [0.1, 0.15) is 24.1 Å². The van der Waals surface area contributed by atoms with Crippen LogP contribution >= 0.6 is 0 Å². The molecule has 0 bridgehead atoms. The van der Waals surface area contributed by atoms with Gasteiger partial charge in [0.15, 0.2) is 0 Å². The van der Waals surface area contributed by atoms with Crippen LogP contribution in [-0.2, 0) is 6.54 Å². The van der Waals surface area contributed by atoms with E-state index in [4.69, 9.17) is 5.73 Å². The Morgan fingerprint density at radius 3 is 2.79 bits per heavy atom. The highest BCUT2D eigenvalue weighted by Gasteiger charge is 2.12. The van der Waals surface area contributed by atoms with Crippen molar-refractivity contribution in [1.82, 2.24) is 9.88 Å². The normalized spacial score (nSPS) is 12.6. The van der Waals surface area contributed by atoms with E-state index in [1.54, 1.807) is 6.20 Å². The molecule has 0 fully saturated rings. The average Bonchev–Trinajstić information content (AvgIpc) is 2.38. The third-order valence-corrected chi connectivity index (χ3v) is 3.25. The van der Waals surface area contributed by atoms with Gasteiger partial charge < -0.3 is 5.73 Å². The Kier molecular flexibility index (Phi) is 4.12. The smallest absolute Gasteiger partial charge is 0.141 e. The van der Waals surface area contributed by atoms with E-state index in [0.29, 0.717) is 6.54 Å². The van der Waals surface area contributed by atoms with Gasteiger partial charge in [-0.1, -0.05) is 12.1 Å². The molecular formula is C15H18FN3. The first-order chi connectivity index (χ1) is 9.06. The van der Waals surface area contributed by atoms with Crippen LogP contribution in [0.2, 0.25) is 0 Å². The van der Waals surface area contributed by atoms with Crippen LogP contribution in [0.25, 0.3) is 0 Å². The lowest BCUT2D eigenvalue weighted by Gasteiger charge is -2.25. The predicted molar refractivity (Wildman–Crippen MR) is 74.9 cm³/mol. The fourth-order valence-electron chi connectivity index (χ4n) is 2.04. The van der Waals surface area contributed by atoms with Gasteiger partial charge in [0.2, 0.25) is 0 Å². The van der Waals surface area contributed by atoms with E-state index in [1.165, 1.54) is 12.3 Å². The predicted octanol–water partition coefficient (Wildman–Crippen LogP) is 3.00. The molecule has 1 aromatic heterocycles. The Balaban J connectivity index is 2.09. The van der Waals surface area contributed by atoms with Crippen molar-refractivity contribution in [1.29, 1.82) is 0 Å². The molecule has 2 rings (SSSR count). The second-order valence-corrected chi connectivity index (χ2v) is 4.77. The summed E-state index contributed by atoms with van der Waals surface area (Å²) in [5.74, 6) is -0.303. The lowest BCUT2D eigenvalue weighted by Crippen LogP contribution is -2.22. The van der Waals surface area contributed by atoms with Gasteiger partial charge in [-0.15, -0.1) is 0 Å². The summed E-state index contributed by atoms with van der Waals surface area (Å²) in [5.41, 5.74) is 8.55. The van der Waals surface area contributed by atoms with E-state index < -0.39 is 0 Å². The van der Waals surface area contributed by atoms with Crippen LogP contribution in [-0.4, -0.2) is 16.9 Å². The number of halogens is 1. The third kappa shape index (κ3) is 3.51. The van der Waals surface area contributed by atoms with Crippen molar-refractivity contribution in [3.63, 3.8) is 0 Å². The molecule has 0 radical (unpaired) electrons. The van der Waals surface area contributed by atoms with E-state index in [0.717, 1.165) is 16.8 Å². The van der Waals surface area contributed by atoms with Gasteiger partial charge in [0.05, 0.1) is 6.20 Å². The van der Waals surface area contributed by atoms with Gasteiger partial charge in [0.1, 0.15) is 5.82 Å². The first-order valence-corrected chi connectivity index (χ1v) is 6.21. The number of hydrogen-bond donors (Lipinski definition) is 1. The summed E-state index contributed by atoms with van der Waals surface area (Å²) in [6.45, 7) is 2.74. The maximum Gasteiger partial charge on any atom is 0.141 e. The molecule has 1 unspecified atom stereocenters. The van der Waals surface area contributed by atoms with Crippen molar-refractivity contribution in [2.75, 3.05) is 12.8 Å². The Labute approximate surface area is 112 Å². The molecular weight excluding hydrogens is 241 g/mol. The van der Waals surface area contributed by atoms with Crippen LogP contribution in [0.4, 0.5) is 10.1 Å². The van der Waals surface area contributed by atoms with Crippen molar-refractivity contribution in [3.8, 4) is 0 Å². The highest BCUT2D eigenvalue weighted by atomic mass is 19.1. The molecule has 2 N–H and O–H groups in total. The molecule has 4 heteroatoms. The van der Waals surface area contributed by atoms with Crippen molar-refractivity contribution in [2.24, 2.45) is 0 Å². The van der Waals surface area contributed by atoms with Crippen molar-refractivity contribution in [2.45, 2.75) is 19.5 Å². The van der Waals surface area contributed by atoms with Crippen LogP contribution < -0.4 is 5.73 Å². The third-order valence-electron chi connectivity index (χ3n) is 3.25. The molecule has 1 heterocycles. The molecule has 3 nitrogen and oxygen atoms in total. The second kappa shape index (κ2) is 5.80. The summed E-state index contributed by atoms with van der Waals surface area (Å²) < 4.78 is 13.1. The van der Waals surface area contributed by atoms with Crippen molar-refractivity contribution >= 4 is 5.69 Å². The Bertz CT molecular complexity index is 557. The zero-order valence-electron chi connectivity index (χ0n) is 11.2. The number of nitrogens with two attached hydrogens (primary N) is 1. The number of pyridine rings is 1. The summed E-state index contributed by atoms with van der Waals surface area (Å²) in [6.07, 6.45) is 2.90. The molecule has 1 aromatic carbocycles.